The lowest BCUT2D eigenvalue weighted by molar-refractivity contribution is -0.154. The predicted molar refractivity (Wildman–Crippen MR) is 80.4 cm³/mol. The van der Waals surface area contributed by atoms with E-state index in [-0.39, 0.29) is 24.5 Å². The summed E-state index contributed by atoms with van der Waals surface area (Å²) in [5.74, 6) is 1.53. The molecular weight excluding hydrogens is 323 g/mol. The van der Waals surface area contributed by atoms with Gasteiger partial charge < -0.3 is 15.4 Å². The van der Waals surface area contributed by atoms with E-state index in [0.717, 1.165) is 24.7 Å². The Bertz CT molecular complexity index is 584. The van der Waals surface area contributed by atoms with Crippen molar-refractivity contribution >= 4 is 6.03 Å². The van der Waals surface area contributed by atoms with Gasteiger partial charge in [0, 0.05) is 24.8 Å². The van der Waals surface area contributed by atoms with Gasteiger partial charge in [-0.2, -0.15) is 13.2 Å². The minimum atomic E-state index is -4.41. The third-order valence-corrected chi connectivity index (χ3v) is 4.43. The van der Waals surface area contributed by atoms with Crippen molar-refractivity contribution in [2.24, 2.45) is 11.8 Å². The number of aromatic nitrogens is 1. The zero-order valence-corrected chi connectivity index (χ0v) is 13.1. The third kappa shape index (κ3) is 5.01. The molecule has 1 aromatic rings. The highest BCUT2D eigenvalue weighted by atomic mass is 19.4. The lowest BCUT2D eigenvalue weighted by Crippen LogP contribution is -2.48. The van der Waals surface area contributed by atoms with Crippen LogP contribution in [0.1, 0.15) is 31.2 Å². The molecule has 2 fully saturated rings. The normalized spacial score (nSPS) is 23.3. The molecule has 8 heteroatoms. The molecule has 0 unspecified atom stereocenters. The first-order valence-electron chi connectivity index (χ1n) is 8.08. The number of hydrogen-bond donors (Lipinski definition) is 2. The Hall–Kier alpha value is -1.99. The van der Waals surface area contributed by atoms with Crippen molar-refractivity contribution in [1.29, 1.82) is 0 Å². The molecule has 132 valence electrons. The molecule has 5 nitrogen and oxygen atoms in total. The second-order valence-corrected chi connectivity index (χ2v) is 6.50. The molecule has 0 spiro atoms. The molecule has 2 amide bonds. The molecule has 0 radical (unpaired) electrons. The number of rotatable bonds is 6. The van der Waals surface area contributed by atoms with Gasteiger partial charge in [-0.05, 0) is 49.1 Å². The van der Waals surface area contributed by atoms with E-state index in [1.54, 1.807) is 6.07 Å². The molecule has 1 aromatic heterocycles. The molecule has 1 heterocycles. The molecule has 2 aliphatic carbocycles. The Balaban J connectivity index is 1.38. The van der Waals surface area contributed by atoms with Crippen LogP contribution in [0.3, 0.4) is 0 Å². The van der Waals surface area contributed by atoms with Crippen LogP contribution in [0.4, 0.5) is 18.0 Å². The van der Waals surface area contributed by atoms with Crippen molar-refractivity contribution in [3.05, 3.63) is 23.9 Å². The fourth-order valence-corrected chi connectivity index (χ4v) is 2.95. The van der Waals surface area contributed by atoms with Gasteiger partial charge in [-0.1, -0.05) is 0 Å². The van der Waals surface area contributed by atoms with Gasteiger partial charge >= 0.3 is 12.2 Å². The number of urea groups is 1. The Kier molecular flexibility index (Phi) is 4.82. The maximum absolute atomic E-state index is 12.1. The second kappa shape index (κ2) is 6.86. The number of amides is 2. The van der Waals surface area contributed by atoms with Gasteiger partial charge in [-0.3, -0.25) is 0 Å². The van der Waals surface area contributed by atoms with E-state index >= 15 is 0 Å². The summed E-state index contributed by atoms with van der Waals surface area (Å²) < 4.78 is 40.9. The maximum Gasteiger partial charge on any atom is 0.422 e. The fourth-order valence-electron chi connectivity index (χ4n) is 2.95. The molecule has 2 N–H and O–H groups in total. The molecule has 3 rings (SSSR count). The highest BCUT2D eigenvalue weighted by Crippen LogP contribution is 2.46. The first-order valence-corrected chi connectivity index (χ1v) is 8.08. The smallest absolute Gasteiger partial charge is 0.422 e. The summed E-state index contributed by atoms with van der Waals surface area (Å²) in [7, 11) is 0. The summed E-state index contributed by atoms with van der Waals surface area (Å²) in [6.45, 7) is -1.18. The average Bonchev–Trinajstić information content (AvgIpc) is 3.30. The van der Waals surface area contributed by atoms with Crippen LogP contribution >= 0.6 is 0 Å². The molecule has 0 saturated heterocycles. The Morgan fingerprint density at radius 3 is 2.71 bits per heavy atom. The summed E-state index contributed by atoms with van der Waals surface area (Å²) in [5, 5.41) is 5.61. The molecule has 24 heavy (non-hydrogen) atoms. The van der Waals surface area contributed by atoms with Crippen LogP contribution in [0.2, 0.25) is 0 Å². The van der Waals surface area contributed by atoms with E-state index in [1.807, 2.05) is 0 Å². The number of alkyl halides is 3. The monoisotopic (exact) mass is 343 g/mol. The molecule has 2 aliphatic rings. The van der Waals surface area contributed by atoms with Crippen LogP contribution < -0.4 is 15.4 Å². The number of ether oxygens (including phenoxy) is 1. The highest BCUT2D eigenvalue weighted by Gasteiger charge is 2.40. The van der Waals surface area contributed by atoms with Crippen LogP contribution in [-0.4, -0.2) is 29.8 Å². The van der Waals surface area contributed by atoms with Crippen LogP contribution in [0, 0.1) is 11.8 Å². The molecule has 2 saturated carbocycles. The average molecular weight is 343 g/mol. The lowest BCUT2D eigenvalue weighted by Gasteiger charge is -2.36. The quantitative estimate of drug-likeness (QED) is 0.835. The zero-order valence-electron chi connectivity index (χ0n) is 13.1. The van der Waals surface area contributed by atoms with Gasteiger partial charge in [0.1, 0.15) is 0 Å². The van der Waals surface area contributed by atoms with E-state index < -0.39 is 12.8 Å². The first-order chi connectivity index (χ1) is 11.4. The Labute approximate surface area is 138 Å². The van der Waals surface area contributed by atoms with Gasteiger partial charge in [-0.15, -0.1) is 0 Å². The molecule has 0 aromatic carbocycles. The van der Waals surface area contributed by atoms with Crippen molar-refractivity contribution in [2.45, 2.75) is 44.4 Å². The number of carbonyl (C=O) groups is 1. The van der Waals surface area contributed by atoms with Crippen LogP contribution in [0.25, 0.3) is 0 Å². The van der Waals surface area contributed by atoms with E-state index in [1.165, 1.54) is 25.1 Å². The summed E-state index contributed by atoms with van der Waals surface area (Å²) >= 11 is 0. The van der Waals surface area contributed by atoms with E-state index in [2.05, 4.69) is 20.4 Å². The van der Waals surface area contributed by atoms with E-state index in [9.17, 15) is 18.0 Å². The molecule has 0 bridgehead atoms. The fraction of sp³-hybridized carbons (Fsp3) is 0.625. The van der Waals surface area contributed by atoms with Crippen molar-refractivity contribution in [3.8, 4) is 5.88 Å². The van der Waals surface area contributed by atoms with Crippen LogP contribution in [0.5, 0.6) is 5.88 Å². The van der Waals surface area contributed by atoms with Gasteiger partial charge in [0.15, 0.2) is 6.61 Å². The Morgan fingerprint density at radius 2 is 2.04 bits per heavy atom. The third-order valence-electron chi connectivity index (χ3n) is 4.43. The number of hydrogen-bond acceptors (Lipinski definition) is 3. The number of carbonyl (C=O) groups excluding carboxylic acids is 1. The van der Waals surface area contributed by atoms with Gasteiger partial charge in [0.25, 0.3) is 0 Å². The van der Waals surface area contributed by atoms with E-state index in [4.69, 9.17) is 0 Å². The predicted octanol–water partition coefficient (Wildman–Crippen LogP) is 3.01. The van der Waals surface area contributed by atoms with Crippen LogP contribution in [-0.2, 0) is 6.54 Å². The van der Waals surface area contributed by atoms with Crippen molar-refractivity contribution in [3.63, 3.8) is 0 Å². The number of pyridine rings is 1. The summed E-state index contributed by atoms with van der Waals surface area (Å²) in [4.78, 5) is 15.6. The van der Waals surface area contributed by atoms with E-state index in [0.29, 0.717) is 5.56 Å². The van der Waals surface area contributed by atoms with Crippen molar-refractivity contribution < 1.29 is 22.7 Å². The Morgan fingerprint density at radius 1 is 1.29 bits per heavy atom. The zero-order chi connectivity index (χ0) is 17.2. The first kappa shape index (κ1) is 16.9. The van der Waals surface area contributed by atoms with Crippen LogP contribution in [0.15, 0.2) is 18.3 Å². The lowest BCUT2D eigenvalue weighted by atomic mass is 9.77. The molecule has 0 aliphatic heterocycles. The summed E-state index contributed by atoms with van der Waals surface area (Å²) in [5.41, 5.74) is 0.627. The SMILES string of the molecule is O=C(NCc1ccnc(OCC(F)(F)F)c1)NC1CC(C2CC2)C1. The molecule has 0 atom stereocenters. The van der Waals surface area contributed by atoms with Gasteiger partial charge in [-0.25, -0.2) is 9.78 Å². The minimum absolute atomic E-state index is 0.113. The number of halogens is 3. The summed E-state index contributed by atoms with van der Waals surface area (Å²) in [6, 6.07) is 2.98. The highest BCUT2D eigenvalue weighted by molar-refractivity contribution is 5.74. The number of nitrogens with one attached hydrogen (secondary N) is 2. The largest absolute Gasteiger partial charge is 0.468 e. The maximum atomic E-state index is 12.1. The van der Waals surface area contributed by atoms with Crippen molar-refractivity contribution in [1.82, 2.24) is 15.6 Å². The van der Waals surface area contributed by atoms with Gasteiger partial charge in [0.2, 0.25) is 5.88 Å². The summed E-state index contributed by atoms with van der Waals surface area (Å²) in [6.07, 6.45) is 1.68. The molecular formula is C16H20F3N3O2. The topological polar surface area (TPSA) is 63.2 Å². The number of nitrogens with zero attached hydrogens (tertiary/aromatic N) is 1. The van der Waals surface area contributed by atoms with Gasteiger partial charge in [0.05, 0.1) is 0 Å². The van der Waals surface area contributed by atoms with Crippen molar-refractivity contribution in [2.75, 3.05) is 6.61 Å². The second-order valence-electron chi connectivity index (χ2n) is 6.50. The minimum Gasteiger partial charge on any atom is -0.468 e. The standard InChI is InChI=1S/C16H20F3N3O2/c17-16(18,19)9-24-14-5-10(3-4-20-14)8-21-15(23)22-13-6-12(7-13)11-1-2-11/h3-5,11-13H,1-2,6-9H2,(H2,21,22,23).